The monoisotopic (exact) mass is 674 g/mol. The molecule has 2 aromatic rings. The van der Waals surface area contributed by atoms with Crippen LogP contribution in [-0.2, 0) is 12.8 Å². The fourth-order valence-corrected chi connectivity index (χ4v) is 7.76. The van der Waals surface area contributed by atoms with E-state index in [-0.39, 0.29) is 5.91 Å². The molecule has 1 saturated carbocycles. The van der Waals surface area contributed by atoms with Crippen molar-refractivity contribution < 1.29 is 9.53 Å². The number of amides is 1. The number of hydrogen-bond donors (Lipinski definition) is 1. The maximum absolute atomic E-state index is 13.4. The van der Waals surface area contributed by atoms with Crippen LogP contribution in [0.15, 0.2) is 29.8 Å². The van der Waals surface area contributed by atoms with Crippen molar-refractivity contribution in [3.05, 3.63) is 53.5 Å². The summed E-state index contributed by atoms with van der Waals surface area (Å²) in [6.45, 7) is 4.20. The Morgan fingerprint density at radius 3 is 2.75 bits per heavy atom. The number of ether oxygens (including phenoxy) is 1. The van der Waals surface area contributed by atoms with E-state index in [4.69, 9.17) is 9.73 Å². The smallest absolute Gasteiger partial charge is 0.254 e. The zero-order chi connectivity index (χ0) is 22.5. The Kier molecular flexibility index (Phi) is 8.67. The Balaban J connectivity index is 1.67. The van der Waals surface area contributed by atoms with Crippen molar-refractivity contribution in [2.24, 2.45) is 4.99 Å². The lowest BCUT2D eigenvalue weighted by Gasteiger charge is -2.23. The molecule has 170 valence electrons. The van der Waals surface area contributed by atoms with Gasteiger partial charge in [-0.1, -0.05) is 31.9 Å². The molecule has 1 amide bonds. The summed E-state index contributed by atoms with van der Waals surface area (Å²) in [6.07, 6.45) is 13.8. The van der Waals surface area contributed by atoms with Crippen LogP contribution in [0.1, 0.15) is 71.3 Å². The minimum Gasteiger partial charge on any atom is -0.488 e. The Morgan fingerprint density at radius 1 is 1.19 bits per heavy atom. The van der Waals surface area contributed by atoms with Crippen LogP contribution in [0.2, 0.25) is 0 Å². The van der Waals surface area contributed by atoms with Crippen molar-refractivity contribution in [3.8, 4) is 5.75 Å². The average Bonchev–Trinajstić information content (AvgIpc) is 3.16. The van der Waals surface area contributed by atoms with Crippen LogP contribution in [0.5, 0.6) is 5.75 Å². The molecule has 0 spiro atoms. The first-order valence-electron chi connectivity index (χ1n) is 11.3. The third-order valence-electron chi connectivity index (χ3n) is 6.02. The summed E-state index contributed by atoms with van der Waals surface area (Å²) in [7, 11) is 0. The number of fused-ring (bicyclic) bond motifs is 1. The quantitative estimate of drug-likeness (QED) is 0.192. The van der Waals surface area contributed by atoms with E-state index < -0.39 is 0 Å². The molecule has 2 aliphatic rings. The molecule has 7 heteroatoms. The lowest BCUT2D eigenvalue weighted by Crippen LogP contribution is -2.36. The lowest BCUT2D eigenvalue weighted by molar-refractivity contribution is 0.0927. The molecule has 32 heavy (non-hydrogen) atoms. The van der Waals surface area contributed by atoms with Gasteiger partial charge in [0.1, 0.15) is 17.4 Å². The van der Waals surface area contributed by atoms with Gasteiger partial charge >= 0.3 is 0 Å². The van der Waals surface area contributed by atoms with Gasteiger partial charge in [0.15, 0.2) is 0 Å². The number of benzene rings is 1. The van der Waals surface area contributed by atoms with Crippen molar-refractivity contribution in [2.45, 2.75) is 63.8 Å². The van der Waals surface area contributed by atoms with Crippen LogP contribution in [0.3, 0.4) is 0 Å². The molecule has 1 aromatic heterocycles. The van der Waals surface area contributed by atoms with Gasteiger partial charge in [-0.25, -0.2) is 4.99 Å². The summed E-state index contributed by atoms with van der Waals surface area (Å²) in [5, 5.41) is 4.15. The standard InChI is InChI=1S/C25H28I2N2O2S/c1-2-12-31-23-16(13-17(26)14-20(23)27)15-28-25-22(19-10-6-7-11-21(19)32-25)24(30)29-18-8-4-3-5-9-18/h2,13-15,18H,1,3-12H2,(H,29,30). The highest BCUT2D eigenvalue weighted by Crippen LogP contribution is 2.40. The second-order valence-electron chi connectivity index (χ2n) is 8.36. The third-order valence-corrected chi connectivity index (χ3v) is 8.65. The van der Waals surface area contributed by atoms with E-state index in [1.54, 1.807) is 17.4 Å². The molecule has 0 unspecified atom stereocenters. The van der Waals surface area contributed by atoms with E-state index in [0.717, 1.165) is 61.1 Å². The Hall–Kier alpha value is -0.940. The minimum absolute atomic E-state index is 0.0591. The molecule has 4 rings (SSSR count). The molecule has 2 aliphatic carbocycles. The fourth-order valence-electron chi connectivity index (χ4n) is 4.48. The number of carbonyl (C=O) groups excluding carboxylic acids is 1. The maximum atomic E-state index is 13.4. The number of aryl methyl sites for hydroxylation is 1. The second-order valence-corrected chi connectivity index (χ2v) is 11.9. The van der Waals surface area contributed by atoms with Gasteiger partial charge in [0.2, 0.25) is 0 Å². The molecular weight excluding hydrogens is 646 g/mol. The van der Waals surface area contributed by atoms with Crippen LogP contribution in [0.4, 0.5) is 5.00 Å². The van der Waals surface area contributed by atoms with E-state index in [9.17, 15) is 4.79 Å². The first-order valence-corrected chi connectivity index (χ1v) is 14.3. The van der Waals surface area contributed by atoms with E-state index in [1.807, 2.05) is 6.21 Å². The molecule has 0 atom stereocenters. The number of thiophene rings is 1. The number of halogens is 2. The summed E-state index contributed by atoms with van der Waals surface area (Å²) in [5.74, 6) is 0.869. The SMILES string of the molecule is C=CCOc1c(I)cc(I)cc1C=Nc1sc2c(c1C(=O)NC1CCCCC1)CCCC2. The summed E-state index contributed by atoms with van der Waals surface area (Å²) < 4.78 is 8.09. The second kappa shape index (κ2) is 11.5. The van der Waals surface area contributed by atoms with Gasteiger partial charge in [-0.3, -0.25) is 4.79 Å². The van der Waals surface area contributed by atoms with Gasteiger partial charge in [-0.15, -0.1) is 11.3 Å². The number of carbonyl (C=O) groups is 1. The largest absolute Gasteiger partial charge is 0.488 e. The number of rotatable bonds is 7. The van der Waals surface area contributed by atoms with Gasteiger partial charge in [-0.2, -0.15) is 0 Å². The van der Waals surface area contributed by atoms with E-state index >= 15 is 0 Å². The van der Waals surface area contributed by atoms with Crippen LogP contribution in [0.25, 0.3) is 0 Å². The van der Waals surface area contributed by atoms with Crippen molar-refractivity contribution in [1.82, 2.24) is 5.32 Å². The molecular formula is C25H28I2N2O2S. The molecule has 1 fully saturated rings. The predicted molar refractivity (Wildman–Crippen MR) is 150 cm³/mol. The Morgan fingerprint density at radius 2 is 1.97 bits per heavy atom. The van der Waals surface area contributed by atoms with E-state index in [0.29, 0.717) is 12.6 Å². The number of nitrogens with one attached hydrogen (secondary N) is 1. The van der Waals surface area contributed by atoms with Crippen LogP contribution >= 0.6 is 56.5 Å². The van der Waals surface area contributed by atoms with Gasteiger partial charge < -0.3 is 10.1 Å². The van der Waals surface area contributed by atoms with Gasteiger partial charge in [0, 0.05) is 26.3 Å². The Labute approximate surface area is 221 Å². The van der Waals surface area contributed by atoms with Crippen molar-refractivity contribution >= 4 is 73.6 Å². The first kappa shape index (κ1) is 24.2. The molecule has 0 saturated heterocycles. The average molecular weight is 674 g/mol. The zero-order valence-corrected chi connectivity index (χ0v) is 23.2. The summed E-state index contributed by atoms with van der Waals surface area (Å²) >= 11 is 6.29. The molecule has 1 aromatic carbocycles. The molecule has 1 N–H and O–H groups in total. The number of nitrogens with zero attached hydrogens (tertiary/aromatic N) is 1. The highest BCUT2D eigenvalue weighted by Gasteiger charge is 2.27. The lowest BCUT2D eigenvalue weighted by atomic mass is 9.93. The molecule has 1 heterocycles. The van der Waals surface area contributed by atoms with Crippen molar-refractivity contribution in [2.75, 3.05) is 6.61 Å². The number of hydrogen-bond acceptors (Lipinski definition) is 4. The predicted octanol–water partition coefficient (Wildman–Crippen LogP) is 7.21. The van der Waals surface area contributed by atoms with Gasteiger partial charge in [-0.05, 0) is 101 Å². The maximum Gasteiger partial charge on any atom is 0.254 e. The highest BCUT2D eigenvalue weighted by molar-refractivity contribution is 14.1. The summed E-state index contributed by atoms with van der Waals surface area (Å²) in [4.78, 5) is 19.6. The first-order chi connectivity index (χ1) is 15.6. The van der Waals surface area contributed by atoms with Gasteiger partial charge in [0.05, 0.1) is 9.13 Å². The molecule has 0 bridgehead atoms. The van der Waals surface area contributed by atoms with Crippen LogP contribution in [-0.4, -0.2) is 24.8 Å². The minimum atomic E-state index is 0.0591. The fraction of sp³-hybridized carbons (Fsp3) is 0.440. The van der Waals surface area contributed by atoms with Crippen LogP contribution < -0.4 is 10.1 Å². The normalized spacial score (nSPS) is 16.7. The molecule has 0 aliphatic heterocycles. The number of aliphatic imine (C=N–C) groups is 1. The Bertz CT molecular complexity index is 1030. The van der Waals surface area contributed by atoms with Gasteiger partial charge in [0.25, 0.3) is 5.91 Å². The highest BCUT2D eigenvalue weighted by atomic mass is 127. The summed E-state index contributed by atoms with van der Waals surface area (Å²) in [5.41, 5.74) is 2.95. The van der Waals surface area contributed by atoms with E-state index in [2.05, 4.69) is 69.2 Å². The van der Waals surface area contributed by atoms with Crippen molar-refractivity contribution in [3.63, 3.8) is 0 Å². The van der Waals surface area contributed by atoms with E-state index in [1.165, 1.54) is 36.1 Å². The van der Waals surface area contributed by atoms with Crippen LogP contribution in [0, 0.1) is 7.14 Å². The zero-order valence-electron chi connectivity index (χ0n) is 18.1. The molecule has 4 nitrogen and oxygen atoms in total. The van der Waals surface area contributed by atoms with Crippen molar-refractivity contribution in [1.29, 1.82) is 0 Å². The summed E-state index contributed by atoms with van der Waals surface area (Å²) in [6, 6.07) is 4.45. The third kappa shape index (κ3) is 5.75. The molecule has 0 radical (unpaired) electrons. The topological polar surface area (TPSA) is 50.7 Å².